The molecule has 150 valence electrons. The molecule has 1 heterocycles. The number of carbonyl (C=O) groups excluding carboxylic acids is 2. The number of aryl methyl sites for hydroxylation is 1. The molecule has 0 aliphatic rings. The Hall–Kier alpha value is -3.10. The standard InChI is InChI=1S/C20H17ClN2O5S/c1-12-16(8-9-28-12)20(25)22-14-6-7-18(17(21)11-14)23-19(24)13-4-3-5-15(10-13)29(2,26)27/h3-11H,1-2H3,(H,22,25)(H,23,24). The van der Waals surface area contributed by atoms with E-state index in [1.54, 1.807) is 25.1 Å². The molecule has 0 radical (unpaired) electrons. The van der Waals surface area contributed by atoms with Crippen LogP contribution in [0.3, 0.4) is 0 Å². The van der Waals surface area contributed by atoms with E-state index in [-0.39, 0.29) is 21.4 Å². The molecule has 0 saturated heterocycles. The molecule has 0 aliphatic carbocycles. The SMILES string of the molecule is Cc1occc1C(=O)Nc1ccc(NC(=O)c2cccc(S(C)(=O)=O)c2)c(Cl)c1. The van der Waals surface area contributed by atoms with E-state index in [9.17, 15) is 18.0 Å². The number of nitrogens with one attached hydrogen (secondary N) is 2. The van der Waals surface area contributed by atoms with Gasteiger partial charge >= 0.3 is 0 Å². The van der Waals surface area contributed by atoms with E-state index in [1.165, 1.54) is 36.6 Å². The molecule has 2 N–H and O–H groups in total. The van der Waals surface area contributed by atoms with Crippen molar-refractivity contribution in [1.29, 1.82) is 0 Å². The summed E-state index contributed by atoms with van der Waals surface area (Å²) in [7, 11) is -3.43. The highest BCUT2D eigenvalue weighted by Crippen LogP contribution is 2.27. The van der Waals surface area contributed by atoms with Gasteiger partial charge in [-0.25, -0.2) is 8.42 Å². The third-order valence-electron chi connectivity index (χ3n) is 4.10. The molecular weight excluding hydrogens is 416 g/mol. The lowest BCUT2D eigenvalue weighted by Gasteiger charge is -2.10. The predicted octanol–water partition coefficient (Wildman–Crippen LogP) is 4.15. The lowest BCUT2D eigenvalue weighted by molar-refractivity contribution is 0.101. The smallest absolute Gasteiger partial charge is 0.259 e. The topological polar surface area (TPSA) is 105 Å². The van der Waals surface area contributed by atoms with Crippen molar-refractivity contribution in [2.45, 2.75) is 11.8 Å². The third-order valence-corrected chi connectivity index (χ3v) is 5.53. The van der Waals surface area contributed by atoms with Gasteiger partial charge in [-0.15, -0.1) is 0 Å². The first-order valence-corrected chi connectivity index (χ1v) is 10.7. The van der Waals surface area contributed by atoms with E-state index in [0.29, 0.717) is 22.7 Å². The van der Waals surface area contributed by atoms with Gasteiger partial charge in [-0.1, -0.05) is 17.7 Å². The minimum Gasteiger partial charge on any atom is -0.469 e. The van der Waals surface area contributed by atoms with Crippen molar-refractivity contribution in [2.24, 2.45) is 0 Å². The summed E-state index contributed by atoms with van der Waals surface area (Å²) >= 11 is 6.22. The number of furan rings is 1. The number of hydrogen-bond acceptors (Lipinski definition) is 5. The third kappa shape index (κ3) is 4.85. The van der Waals surface area contributed by atoms with Crippen LogP contribution in [0.25, 0.3) is 0 Å². The number of sulfone groups is 1. The second-order valence-electron chi connectivity index (χ2n) is 6.29. The first-order valence-electron chi connectivity index (χ1n) is 8.41. The summed E-state index contributed by atoms with van der Waals surface area (Å²) in [5, 5.41) is 5.54. The molecule has 0 aliphatic heterocycles. The molecule has 9 heteroatoms. The quantitative estimate of drug-likeness (QED) is 0.630. The summed E-state index contributed by atoms with van der Waals surface area (Å²) in [6.45, 7) is 1.68. The Balaban J connectivity index is 1.75. The maximum atomic E-state index is 12.5. The van der Waals surface area contributed by atoms with Gasteiger partial charge in [0.15, 0.2) is 9.84 Å². The van der Waals surface area contributed by atoms with Gasteiger partial charge in [0.05, 0.1) is 27.4 Å². The van der Waals surface area contributed by atoms with Crippen molar-refractivity contribution < 1.29 is 22.4 Å². The summed E-state index contributed by atoms with van der Waals surface area (Å²) in [4.78, 5) is 24.7. The van der Waals surface area contributed by atoms with E-state index in [2.05, 4.69) is 10.6 Å². The number of carbonyl (C=O) groups is 2. The van der Waals surface area contributed by atoms with Gasteiger partial charge in [-0.2, -0.15) is 0 Å². The van der Waals surface area contributed by atoms with Gasteiger partial charge < -0.3 is 15.1 Å². The van der Waals surface area contributed by atoms with E-state index in [4.69, 9.17) is 16.0 Å². The highest BCUT2D eigenvalue weighted by molar-refractivity contribution is 7.90. The molecular formula is C20H17ClN2O5S. The van der Waals surface area contributed by atoms with Crippen LogP contribution in [-0.2, 0) is 9.84 Å². The lowest BCUT2D eigenvalue weighted by atomic mass is 10.2. The number of rotatable bonds is 5. The van der Waals surface area contributed by atoms with E-state index >= 15 is 0 Å². The van der Waals surface area contributed by atoms with Crippen molar-refractivity contribution in [2.75, 3.05) is 16.9 Å². The molecule has 1 aromatic heterocycles. The van der Waals surface area contributed by atoms with Crippen molar-refractivity contribution in [3.05, 3.63) is 76.7 Å². The molecule has 0 unspecified atom stereocenters. The van der Waals surface area contributed by atoms with Crippen LogP contribution in [0.15, 0.2) is 64.1 Å². The van der Waals surface area contributed by atoms with Gasteiger partial charge in [-0.05, 0) is 49.4 Å². The van der Waals surface area contributed by atoms with Crippen LogP contribution >= 0.6 is 11.6 Å². The van der Waals surface area contributed by atoms with Gasteiger partial charge in [0.25, 0.3) is 11.8 Å². The number of anilines is 2. The lowest BCUT2D eigenvalue weighted by Crippen LogP contribution is -2.14. The average Bonchev–Trinajstić information content (AvgIpc) is 3.09. The fourth-order valence-electron chi connectivity index (χ4n) is 2.58. The van der Waals surface area contributed by atoms with Gasteiger partial charge in [0, 0.05) is 17.5 Å². The van der Waals surface area contributed by atoms with Gasteiger partial charge in [0.1, 0.15) is 5.76 Å². The summed E-state index contributed by atoms with van der Waals surface area (Å²) in [6, 6.07) is 11.9. The summed E-state index contributed by atoms with van der Waals surface area (Å²) < 4.78 is 28.4. The maximum Gasteiger partial charge on any atom is 0.259 e. The van der Waals surface area contributed by atoms with Crippen LogP contribution in [-0.4, -0.2) is 26.5 Å². The molecule has 0 fully saturated rings. The molecule has 7 nitrogen and oxygen atoms in total. The molecule has 0 atom stereocenters. The monoisotopic (exact) mass is 432 g/mol. The van der Waals surface area contributed by atoms with Crippen LogP contribution in [0.4, 0.5) is 11.4 Å². The maximum absolute atomic E-state index is 12.5. The molecule has 2 aromatic carbocycles. The molecule has 0 bridgehead atoms. The Morgan fingerprint density at radius 2 is 1.76 bits per heavy atom. The van der Waals surface area contributed by atoms with Crippen LogP contribution in [0.5, 0.6) is 0 Å². The van der Waals surface area contributed by atoms with Gasteiger partial charge in [-0.3, -0.25) is 9.59 Å². The highest BCUT2D eigenvalue weighted by atomic mass is 35.5. The number of amides is 2. The predicted molar refractivity (Wildman–Crippen MR) is 110 cm³/mol. The summed E-state index contributed by atoms with van der Waals surface area (Å²) in [5.74, 6) is -0.362. The first kappa shape index (κ1) is 20.6. The fraction of sp³-hybridized carbons (Fsp3) is 0.100. The Labute approximate surface area is 172 Å². The fourth-order valence-corrected chi connectivity index (χ4v) is 3.47. The van der Waals surface area contributed by atoms with E-state index in [0.717, 1.165) is 6.26 Å². The van der Waals surface area contributed by atoms with Crippen molar-refractivity contribution in [3.63, 3.8) is 0 Å². The molecule has 0 saturated carbocycles. The summed E-state index contributed by atoms with van der Waals surface area (Å²) in [6.07, 6.45) is 2.49. The highest BCUT2D eigenvalue weighted by Gasteiger charge is 2.15. The van der Waals surface area contributed by atoms with Crippen molar-refractivity contribution >= 4 is 44.6 Å². The molecule has 2 amide bonds. The number of benzene rings is 2. The minimum atomic E-state index is -3.43. The van der Waals surface area contributed by atoms with Gasteiger partial charge in [0.2, 0.25) is 0 Å². The largest absolute Gasteiger partial charge is 0.469 e. The Morgan fingerprint density at radius 3 is 2.38 bits per heavy atom. The molecule has 0 spiro atoms. The zero-order valence-corrected chi connectivity index (χ0v) is 17.1. The molecule has 29 heavy (non-hydrogen) atoms. The zero-order chi connectivity index (χ0) is 21.2. The molecule has 3 rings (SSSR count). The minimum absolute atomic E-state index is 0.0452. The van der Waals surface area contributed by atoms with Crippen LogP contribution in [0.2, 0.25) is 5.02 Å². The van der Waals surface area contributed by atoms with Crippen molar-refractivity contribution in [1.82, 2.24) is 0 Å². The van der Waals surface area contributed by atoms with E-state index < -0.39 is 15.7 Å². The Morgan fingerprint density at radius 1 is 1.00 bits per heavy atom. The van der Waals surface area contributed by atoms with Crippen LogP contribution < -0.4 is 10.6 Å². The Kier molecular flexibility index (Phi) is 5.76. The van der Waals surface area contributed by atoms with Crippen molar-refractivity contribution in [3.8, 4) is 0 Å². The molecule has 3 aromatic rings. The van der Waals surface area contributed by atoms with E-state index in [1.807, 2.05) is 0 Å². The second-order valence-corrected chi connectivity index (χ2v) is 8.72. The second kappa shape index (κ2) is 8.10. The Bertz CT molecular complexity index is 1200. The first-order chi connectivity index (χ1) is 13.6. The zero-order valence-electron chi connectivity index (χ0n) is 15.5. The average molecular weight is 433 g/mol. The number of hydrogen-bond donors (Lipinski definition) is 2. The van der Waals surface area contributed by atoms with Crippen LogP contribution in [0.1, 0.15) is 26.5 Å². The number of halogens is 1. The van der Waals surface area contributed by atoms with Crippen LogP contribution in [0, 0.1) is 6.92 Å². The summed E-state index contributed by atoms with van der Waals surface area (Å²) in [5.41, 5.74) is 1.35. The normalized spacial score (nSPS) is 11.1.